The number of halogens is 1. The number of amides is 1. The van der Waals surface area contributed by atoms with Gasteiger partial charge in [0.2, 0.25) is 11.2 Å². The second-order valence-electron chi connectivity index (χ2n) is 5.36. The molecule has 1 saturated carbocycles. The minimum Gasteiger partial charge on any atom is -0.352 e. The molecular weight excluding hydrogens is 274 g/mol. The molecule has 106 valence electrons. The number of benzene rings is 1. The van der Waals surface area contributed by atoms with Gasteiger partial charge in [-0.25, -0.2) is 4.98 Å². The molecule has 1 heterocycles. The first kappa shape index (κ1) is 13.4. The Hall–Kier alpha value is -1.55. The van der Waals surface area contributed by atoms with Crippen molar-refractivity contribution in [1.29, 1.82) is 0 Å². The lowest BCUT2D eigenvalue weighted by Gasteiger charge is -2.22. The number of hydrogen-bond acceptors (Lipinski definition) is 2. The molecule has 0 saturated heterocycles. The number of carbonyl (C=O) groups is 1. The van der Waals surface area contributed by atoms with Gasteiger partial charge in [0, 0.05) is 6.04 Å². The van der Waals surface area contributed by atoms with Crippen molar-refractivity contribution in [1.82, 2.24) is 14.9 Å². The van der Waals surface area contributed by atoms with Crippen LogP contribution < -0.4 is 5.32 Å². The Balaban J connectivity index is 1.72. The van der Waals surface area contributed by atoms with Crippen molar-refractivity contribution in [3.8, 4) is 0 Å². The number of nitrogens with one attached hydrogen (secondary N) is 1. The Kier molecular flexibility index (Phi) is 3.92. The maximum absolute atomic E-state index is 12.2. The molecule has 1 aromatic carbocycles. The molecule has 0 atom stereocenters. The number of para-hydroxylation sites is 2. The summed E-state index contributed by atoms with van der Waals surface area (Å²) in [7, 11) is 0. The number of imidazole rings is 1. The van der Waals surface area contributed by atoms with Crippen LogP contribution in [0.2, 0.25) is 5.28 Å². The van der Waals surface area contributed by atoms with Crippen LogP contribution in [0, 0.1) is 0 Å². The third-order valence-electron chi connectivity index (χ3n) is 3.88. The van der Waals surface area contributed by atoms with E-state index in [4.69, 9.17) is 11.6 Å². The smallest absolute Gasteiger partial charge is 0.240 e. The minimum atomic E-state index is 0.0157. The van der Waals surface area contributed by atoms with Gasteiger partial charge in [-0.2, -0.15) is 0 Å². The first-order valence-corrected chi connectivity index (χ1v) is 7.52. The number of aromatic nitrogens is 2. The summed E-state index contributed by atoms with van der Waals surface area (Å²) in [6, 6.07) is 8.00. The molecule has 3 rings (SSSR count). The predicted molar refractivity (Wildman–Crippen MR) is 79.8 cm³/mol. The monoisotopic (exact) mass is 291 g/mol. The van der Waals surface area contributed by atoms with E-state index in [2.05, 4.69) is 10.3 Å². The number of nitrogens with zero attached hydrogens (tertiary/aromatic N) is 2. The van der Waals surface area contributed by atoms with Crippen molar-refractivity contribution in [2.75, 3.05) is 0 Å². The van der Waals surface area contributed by atoms with Crippen LogP contribution in [0.25, 0.3) is 11.0 Å². The lowest BCUT2D eigenvalue weighted by molar-refractivity contribution is -0.122. The zero-order chi connectivity index (χ0) is 13.9. The van der Waals surface area contributed by atoms with E-state index in [9.17, 15) is 4.79 Å². The van der Waals surface area contributed by atoms with E-state index in [0.29, 0.717) is 11.3 Å². The summed E-state index contributed by atoms with van der Waals surface area (Å²) in [5.74, 6) is 0.0157. The fourth-order valence-corrected chi connectivity index (χ4v) is 3.10. The normalized spacial score (nSPS) is 16.4. The minimum absolute atomic E-state index is 0.0157. The van der Waals surface area contributed by atoms with Crippen molar-refractivity contribution in [2.24, 2.45) is 0 Å². The summed E-state index contributed by atoms with van der Waals surface area (Å²) in [4.78, 5) is 16.4. The Labute approximate surface area is 123 Å². The van der Waals surface area contributed by atoms with Crippen molar-refractivity contribution in [3.63, 3.8) is 0 Å². The maximum atomic E-state index is 12.2. The highest BCUT2D eigenvalue weighted by Crippen LogP contribution is 2.20. The van der Waals surface area contributed by atoms with Crippen LogP contribution >= 0.6 is 11.6 Å². The summed E-state index contributed by atoms with van der Waals surface area (Å²) >= 11 is 6.13. The Morgan fingerprint density at radius 1 is 1.30 bits per heavy atom. The summed E-state index contributed by atoms with van der Waals surface area (Å²) in [6.45, 7) is 0.232. The van der Waals surface area contributed by atoms with Gasteiger partial charge >= 0.3 is 0 Å². The van der Waals surface area contributed by atoms with Gasteiger partial charge in [-0.15, -0.1) is 0 Å². The third kappa shape index (κ3) is 2.80. The third-order valence-corrected chi connectivity index (χ3v) is 4.17. The summed E-state index contributed by atoms with van der Waals surface area (Å²) in [5.41, 5.74) is 1.72. The van der Waals surface area contributed by atoms with Gasteiger partial charge in [0.15, 0.2) is 0 Å². The molecule has 20 heavy (non-hydrogen) atoms. The van der Waals surface area contributed by atoms with E-state index < -0.39 is 0 Å². The van der Waals surface area contributed by atoms with Crippen molar-refractivity contribution >= 4 is 28.5 Å². The molecule has 2 aromatic rings. The molecule has 1 amide bonds. The topological polar surface area (TPSA) is 46.9 Å². The van der Waals surface area contributed by atoms with Crippen molar-refractivity contribution in [3.05, 3.63) is 29.5 Å². The zero-order valence-corrected chi connectivity index (χ0v) is 12.1. The molecule has 1 aromatic heterocycles. The van der Waals surface area contributed by atoms with E-state index in [1.807, 2.05) is 24.3 Å². The van der Waals surface area contributed by atoms with E-state index >= 15 is 0 Å². The predicted octanol–water partition coefficient (Wildman–Crippen LogP) is 3.14. The molecule has 1 N–H and O–H groups in total. The second-order valence-corrected chi connectivity index (χ2v) is 5.70. The molecule has 1 fully saturated rings. The number of rotatable bonds is 3. The molecule has 0 unspecified atom stereocenters. The summed E-state index contributed by atoms with van der Waals surface area (Å²) in [6.07, 6.45) is 5.87. The summed E-state index contributed by atoms with van der Waals surface area (Å²) < 4.78 is 1.76. The molecule has 0 spiro atoms. The maximum Gasteiger partial charge on any atom is 0.240 e. The fourth-order valence-electron chi connectivity index (χ4n) is 2.86. The lowest BCUT2D eigenvalue weighted by Crippen LogP contribution is -2.38. The van der Waals surface area contributed by atoms with Gasteiger partial charge < -0.3 is 9.88 Å². The van der Waals surface area contributed by atoms with Crippen LogP contribution in [-0.2, 0) is 11.3 Å². The highest BCUT2D eigenvalue weighted by molar-refractivity contribution is 6.29. The van der Waals surface area contributed by atoms with E-state index in [1.165, 1.54) is 19.3 Å². The lowest BCUT2D eigenvalue weighted by atomic mass is 9.95. The quantitative estimate of drug-likeness (QED) is 0.944. The van der Waals surface area contributed by atoms with Crippen LogP contribution in [0.1, 0.15) is 32.1 Å². The van der Waals surface area contributed by atoms with E-state index in [-0.39, 0.29) is 12.5 Å². The van der Waals surface area contributed by atoms with Gasteiger partial charge in [-0.1, -0.05) is 31.4 Å². The SMILES string of the molecule is O=C(Cn1c(Cl)nc2ccccc21)NC1CCCCC1. The molecule has 0 bridgehead atoms. The van der Waals surface area contributed by atoms with Crippen LogP contribution in [0.5, 0.6) is 0 Å². The van der Waals surface area contributed by atoms with Crippen molar-refractivity contribution < 1.29 is 4.79 Å². The molecule has 5 heteroatoms. The fraction of sp³-hybridized carbons (Fsp3) is 0.467. The average molecular weight is 292 g/mol. The van der Waals surface area contributed by atoms with Gasteiger partial charge in [-0.05, 0) is 36.6 Å². The van der Waals surface area contributed by atoms with Gasteiger partial charge in [0.25, 0.3) is 0 Å². The molecular formula is C15H18ClN3O. The van der Waals surface area contributed by atoms with E-state index in [1.54, 1.807) is 4.57 Å². The van der Waals surface area contributed by atoms with Gasteiger partial charge in [0.1, 0.15) is 6.54 Å². The highest BCUT2D eigenvalue weighted by Gasteiger charge is 2.17. The Morgan fingerprint density at radius 2 is 2.05 bits per heavy atom. The summed E-state index contributed by atoms with van der Waals surface area (Å²) in [5, 5.41) is 3.47. The van der Waals surface area contributed by atoms with Crippen LogP contribution in [0.4, 0.5) is 0 Å². The molecule has 0 radical (unpaired) electrons. The Bertz CT molecular complexity index is 617. The number of carbonyl (C=O) groups excluding carboxylic acids is 1. The molecule has 4 nitrogen and oxygen atoms in total. The number of fused-ring (bicyclic) bond motifs is 1. The van der Waals surface area contributed by atoms with Crippen LogP contribution in [0.3, 0.4) is 0 Å². The highest BCUT2D eigenvalue weighted by atomic mass is 35.5. The molecule has 1 aliphatic rings. The van der Waals surface area contributed by atoms with Gasteiger partial charge in [0.05, 0.1) is 11.0 Å². The van der Waals surface area contributed by atoms with Crippen LogP contribution in [0.15, 0.2) is 24.3 Å². The largest absolute Gasteiger partial charge is 0.352 e. The first-order valence-electron chi connectivity index (χ1n) is 7.14. The number of hydrogen-bond donors (Lipinski definition) is 1. The van der Waals surface area contributed by atoms with Crippen molar-refractivity contribution in [2.45, 2.75) is 44.7 Å². The average Bonchev–Trinajstić information content (AvgIpc) is 2.76. The zero-order valence-electron chi connectivity index (χ0n) is 11.3. The second kappa shape index (κ2) is 5.83. The standard InChI is InChI=1S/C15H18ClN3O/c16-15-18-12-8-4-5-9-13(12)19(15)10-14(20)17-11-6-2-1-3-7-11/h4-5,8-9,11H,1-3,6-7,10H2,(H,17,20). The Morgan fingerprint density at radius 3 is 2.85 bits per heavy atom. The van der Waals surface area contributed by atoms with Gasteiger partial charge in [-0.3, -0.25) is 4.79 Å². The molecule has 1 aliphatic carbocycles. The first-order chi connectivity index (χ1) is 9.74. The molecule has 0 aliphatic heterocycles. The van der Waals surface area contributed by atoms with E-state index in [0.717, 1.165) is 23.9 Å². The van der Waals surface area contributed by atoms with Crippen LogP contribution in [-0.4, -0.2) is 21.5 Å².